The first kappa shape index (κ1) is 11.6. The summed E-state index contributed by atoms with van der Waals surface area (Å²) in [5.41, 5.74) is 1.97. The van der Waals surface area contributed by atoms with E-state index in [0.717, 1.165) is 17.2 Å². The van der Waals surface area contributed by atoms with Gasteiger partial charge in [-0.1, -0.05) is 11.6 Å². The van der Waals surface area contributed by atoms with Gasteiger partial charge in [-0.2, -0.15) is 8.75 Å². The quantitative estimate of drug-likeness (QED) is 0.587. The minimum Gasteiger partial charge on any atom is -0.278 e. The van der Waals surface area contributed by atoms with E-state index in [0.29, 0.717) is 35.3 Å². The molecule has 0 spiro atoms. The van der Waals surface area contributed by atoms with Gasteiger partial charge in [0, 0.05) is 0 Å². The molecular weight excluding hydrogens is 274 g/mol. The highest BCUT2D eigenvalue weighted by Crippen LogP contribution is 2.32. The summed E-state index contributed by atoms with van der Waals surface area (Å²) >= 11 is 7.29. The number of fused-ring (bicyclic) bond motifs is 1. The molecular formula is C9H10ClN7S. The van der Waals surface area contributed by atoms with Crippen LogP contribution in [0.15, 0.2) is 17.1 Å². The number of halogens is 1. The first-order valence-electron chi connectivity index (χ1n) is 5.21. The van der Waals surface area contributed by atoms with Crippen LogP contribution in [0.1, 0.15) is 0 Å². The summed E-state index contributed by atoms with van der Waals surface area (Å²) in [6.45, 7) is 1.24. The normalized spacial score (nSPS) is 15.3. The summed E-state index contributed by atoms with van der Waals surface area (Å²) in [5.74, 6) is 12.3. The number of rotatable bonds is 1. The number of hydrogen-bond donors (Lipinski definition) is 2. The van der Waals surface area contributed by atoms with Gasteiger partial charge in [0.05, 0.1) is 29.8 Å². The Balaban J connectivity index is 2.13. The fourth-order valence-corrected chi connectivity index (χ4v) is 2.59. The summed E-state index contributed by atoms with van der Waals surface area (Å²) in [5, 5.41) is 3.33. The van der Waals surface area contributed by atoms with Gasteiger partial charge in [0.2, 0.25) is 5.96 Å². The first-order valence-corrected chi connectivity index (χ1v) is 6.31. The van der Waals surface area contributed by atoms with Gasteiger partial charge in [-0.05, 0) is 12.1 Å². The average molecular weight is 284 g/mol. The second-order valence-corrected chi connectivity index (χ2v) is 4.71. The maximum absolute atomic E-state index is 6.18. The zero-order valence-corrected chi connectivity index (χ0v) is 10.8. The largest absolute Gasteiger partial charge is 0.278 e. The predicted molar refractivity (Wildman–Crippen MR) is 72.3 cm³/mol. The van der Waals surface area contributed by atoms with Crippen molar-refractivity contribution in [2.24, 2.45) is 16.7 Å². The van der Waals surface area contributed by atoms with E-state index in [4.69, 9.17) is 23.3 Å². The highest BCUT2D eigenvalue weighted by Gasteiger charge is 2.24. The molecule has 1 aliphatic rings. The van der Waals surface area contributed by atoms with E-state index in [-0.39, 0.29) is 0 Å². The molecule has 0 radical (unpaired) electrons. The Bertz CT molecular complexity index is 624. The van der Waals surface area contributed by atoms with E-state index in [1.807, 2.05) is 0 Å². The second-order valence-electron chi connectivity index (χ2n) is 3.77. The summed E-state index contributed by atoms with van der Waals surface area (Å²) in [6.07, 6.45) is 0. The van der Waals surface area contributed by atoms with E-state index in [1.165, 1.54) is 10.0 Å². The topological polar surface area (TPSA) is 96.7 Å². The van der Waals surface area contributed by atoms with E-state index in [9.17, 15) is 0 Å². The van der Waals surface area contributed by atoms with Crippen molar-refractivity contribution in [1.82, 2.24) is 13.8 Å². The van der Waals surface area contributed by atoms with Crippen LogP contribution in [0, 0.1) is 0 Å². The van der Waals surface area contributed by atoms with Gasteiger partial charge in [-0.15, -0.1) is 0 Å². The molecule has 0 amide bonds. The van der Waals surface area contributed by atoms with Gasteiger partial charge in [0.25, 0.3) is 0 Å². The predicted octanol–water partition coefficient (Wildman–Crippen LogP) is 0.570. The Kier molecular flexibility index (Phi) is 2.78. The Hall–Kier alpha value is -1.48. The number of nitrogens with two attached hydrogens (primary N) is 2. The summed E-state index contributed by atoms with van der Waals surface area (Å²) < 4.78 is 8.36. The van der Waals surface area contributed by atoms with Gasteiger partial charge in [-0.25, -0.2) is 21.7 Å². The minimum atomic E-state index is 0.470. The van der Waals surface area contributed by atoms with Crippen LogP contribution in [-0.4, -0.2) is 32.8 Å². The van der Waals surface area contributed by atoms with Crippen molar-refractivity contribution in [1.29, 1.82) is 0 Å². The lowest BCUT2D eigenvalue weighted by Gasteiger charge is -2.24. The second kappa shape index (κ2) is 4.32. The van der Waals surface area contributed by atoms with Crippen molar-refractivity contribution in [3.63, 3.8) is 0 Å². The van der Waals surface area contributed by atoms with Gasteiger partial charge in [0.1, 0.15) is 16.7 Å². The molecule has 94 valence electrons. The molecule has 0 bridgehead atoms. The Labute approximate surface area is 112 Å². The number of nitrogens with zero attached hydrogens (tertiary/aromatic N) is 5. The summed E-state index contributed by atoms with van der Waals surface area (Å²) in [4.78, 5) is 4.24. The number of hydrazine groups is 2. The van der Waals surface area contributed by atoms with E-state index >= 15 is 0 Å². The van der Waals surface area contributed by atoms with E-state index in [2.05, 4.69) is 13.7 Å². The number of guanidine groups is 1. The molecule has 3 rings (SSSR count). The third-order valence-corrected chi connectivity index (χ3v) is 3.51. The smallest absolute Gasteiger partial charge is 0.230 e. The summed E-state index contributed by atoms with van der Waals surface area (Å²) in [6, 6.07) is 3.53. The van der Waals surface area contributed by atoms with Crippen LogP contribution >= 0.6 is 23.3 Å². The van der Waals surface area contributed by atoms with Crippen LogP contribution in [0.3, 0.4) is 0 Å². The maximum atomic E-state index is 6.18. The lowest BCUT2D eigenvalue weighted by Crippen LogP contribution is -2.49. The van der Waals surface area contributed by atoms with Crippen molar-refractivity contribution < 1.29 is 0 Å². The molecule has 18 heavy (non-hydrogen) atoms. The third kappa shape index (κ3) is 1.70. The molecule has 0 aliphatic carbocycles. The van der Waals surface area contributed by atoms with Crippen LogP contribution in [0.2, 0.25) is 5.02 Å². The monoisotopic (exact) mass is 283 g/mol. The highest BCUT2D eigenvalue weighted by atomic mass is 35.5. The van der Waals surface area contributed by atoms with Crippen molar-refractivity contribution in [3.8, 4) is 0 Å². The van der Waals surface area contributed by atoms with Gasteiger partial charge < -0.3 is 0 Å². The maximum Gasteiger partial charge on any atom is 0.230 e. The van der Waals surface area contributed by atoms with Crippen LogP contribution in [0.5, 0.6) is 0 Å². The van der Waals surface area contributed by atoms with Crippen LogP contribution in [0.4, 0.5) is 5.69 Å². The molecule has 0 saturated carbocycles. The SMILES string of the molecule is NN1CCN=C1N(N)c1c(Cl)ccc2nsnc12. The molecule has 0 saturated heterocycles. The molecule has 9 heteroatoms. The molecule has 1 aliphatic heterocycles. The minimum absolute atomic E-state index is 0.470. The lowest BCUT2D eigenvalue weighted by atomic mass is 10.2. The molecule has 1 aromatic carbocycles. The molecule has 1 aromatic heterocycles. The number of aliphatic imine (C=N–C) groups is 1. The van der Waals surface area contributed by atoms with Crippen molar-refractivity contribution in [2.45, 2.75) is 0 Å². The molecule has 0 fully saturated rings. The Morgan fingerprint density at radius 2 is 2.22 bits per heavy atom. The van der Waals surface area contributed by atoms with Gasteiger partial charge in [-0.3, -0.25) is 5.01 Å². The fraction of sp³-hybridized carbons (Fsp3) is 0.222. The molecule has 0 atom stereocenters. The highest BCUT2D eigenvalue weighted by molar-refractivity contribution is 7.00. The molecule has 7 nitrogen and oxygen atoms in total. The van der Waals surface area contributed by atoms with Crippen molar-refractivity contribution in [3.05, 3.63) is 17.2 Å². The van der Waals surface area contributed by atoms with Crippen molar-refractivity contribution >= 4 is 46.0 Å². The fourth-order valence-electron chi connectivity index (χ4n) is 1.81. The number of aromatic nitrogens is 2. The average Bonchev–Trinajstić information content (AvgIpc) is 2.96. The summed E-state index contributed by atoms with van der Waals surface area (Å²) in [7, 11) is 0. The van der Waals surface area contributed by atoms with Gasteiger partial charge in [0.15, 0.2) is 0 Å². The Morgan fingerprint density at radius 3 is 2.94 bits per heavy atom. The standard InChI is InChI=1S/C9H10ClN7S/c10-5-1-2-6-7(15-18-14-6)8(5)17(12)9-13-3-4-16(9)11/h1-2H,3-4,11-12H2. The van der Waals surface area contributed by atoms with Gasteiger partial charge >= 0.3 is 0 Å². The Morgan fingerprint density at radius 1 is 1.39 bits per heavy atom. The van der Waals surface area contributed by atoms with Crippen molar-refractivity contribution in [2.75, 3.05) is 18.1 Å². The zero-order valence-electron chi connectivity index (χ0n) is 9.25. The van der Waals surface area contributed by atoms with E-state index < -0.39 is 0 Å². The zero-order chi connectivity index (χ0) is 12.7. The molecule has 0 unspecified atom stereocenters. The van der Waals surface area contributed by atoms with Crippen LogP contribution in [0.25, 0.3) is 11.0 Å². The number of benzene rings is 1. The van der Waals surface area contributed by atoms with E-state index in [1.54, 1.807) is 12.1 Å². The molecule has 4 N–H and O–H groups in total. The first-order chi connectivity index (χ1) is 8.68. The third-order valence-electron chi connectivity index (χ3n) is 2.66. The number of anilines is 1. The lowest BCUT2D eigenvalue weighted by molar-refractivity contribution is 0.475. The molecule has 2 heterocycles. The number of hydrogen-bond acceptors (Lipinski definition) is 8. The molecule has 2 aromatic rings. The van der Waals surface area contributed by atoms with Crippen LogP contribution in [-0.2, 0) is 0 Å². The van der Waals surface area contributed by atoms with Crippen LogP contribution < -0.4 is 16.7 Å².